The largest absolute Gasteiger partial charge is 0.484 e. The standard InChI is InChI=1S/C23H21N5O3/c29-21(15-30-16-8-2-1-3-9-16)28-13-7-6-12-20(28)22-26-23(31-27-22)19-14-24-17-10-4-5-11-18(17)25-19/h1-5,8-11,14,20H,6-7,12-13,15H2/t20-/m1/s1. The number of fused-ring (bicyclic) bond motifs is 1. The third-order valence-corrected chi connectivity index (χ3v) is 5.34. The van der Waals surface area contributed by atoms with E-state index in [0.717, 1.165) is 30.3 Å². The van der Waals surface area contributed by atoms with E-state index in [1.54, 1.807) is 11.1 Å². The molecular weight excluding hydrogens is 394 g/mol. The molecule has 3 heterocycles. The zero-order chi connectivity index (χ0) is 21.0. The number of aromatic nitrogens is 4. The van der Waals surface area contributed by atoms with Crippen molar-refractivity contribution in [3.05, 3.63) is 66.6 Å². The molecule has 1 atom stereocenters. The molecule has 8 nitrogen and oxygen atoms in total. The summed E-state index contributed by atoms with van der Waals surface area (Å²) in [5, 5.41) is 4.16. The molecule has 4 aromatic rings. The van der Waals surface area contributed by atoms with Crippen molar-refractivity contribution < 1.29 is 14.1 Å². The highest BCUT2D eigenvalue weighted by molar-refractivity contribution is 5.78. The average molecular weight is 415 g/mol. The summed E-state index contributed by atoms with van der Waals surface area (Å²) in [5.41, 5.74) is 2.07. The van der Waals surface area contributed by atoms with E-state index < -0.39 is 0 Å². The minimum atomic E-state index is -0.244. The Hall–Kier alpha value is -3.81. The fourth-order valence-corrected chi connectivity index (χ4v) is 3.78. The number of para-hydroxylation sites is 3. The summed E-state index contributed by atoms with van der Waals surface area (Å²) in [6.07, 6.45) is 4.33. The molecule has 1 fully saturated rings. The van der Waals surface area contributed by atoms with E-state index in [2.05, 4.69) is 20.1 Å². The molecule has 2 aromatic carbocycles. The Morgan fingerprint density at radius 3 is 2.71 bits per heavy atom. The van der Waals surface area contributed by atoms with Crippen molar-refractivity contribution in [2.75, 3.05) is 13.2 Å². The first-order chi connectivity index (χ1) is 15.3. The number of nitrogens with zero attached hydrogens (tertiary/aromatic N) is 5. The summed E-state index contributed by atoms with van der Waals surface area (Å²) < 4.78 is 11.1. The van der Waals surface area contributed by atoms with Crippen LogP contribution < -0.4 is 4.74 Å². The quantitative estimate of drug-likeness (QED) is 0.489. The van der Waals surface area contributed by atoms with E-state index in [0.29, 0.717) is 29.7 Å². The highest BCUT2D eigenvalue weighted by Gasteiger charge is 2.32. The van der Waals surface area contributed by atoms with Crippen molar-refractivity contribution in [2.45, 2.75) is 25.3 Å². The molecule has 2 aromatic heterocycles. The van der Waals surface area contributed by atoms with E-state index >= 15 is 0 Å². The Morgan fingerprint density at radius 2 is 1.84 bits per heavy atom. The Bertz CT molecular complexity index is 1190. The maximum Gasteiger partial charge on any atom is 0.278 e. The monoisotopic (exact) mass is 415 g/mol. The lowest BCUT2D eigenvalue weighted by molar-refractivity contribution is -0.137. The third kappa shape index (κ3) is 4.09. The predicted molar refractivity (Wildman–Crippen MR) is 113 cm³/mol. The topological polar surface area (TPSA) is 94.2 Å². The average Bonchev–Trinajstić information content (AvgIpc) is 3.33. The van der Waals surface area contributed by atoms with E-state index in [9.17, 15) is 4.79 Å². The smallest absolute Gasteiger partial charge is 0.278 e. The van der Waals surface area contributed by atoms with Gasteiger partial charge in [0.05, 0.1) is 23.3 Å². The van der Waals surface area contributed by atoms with Gasteiger partial charge in [-0.2, -0.15) is 4.98 Å². The Morgan fingerprint density at radius 1 is 1.03 bits per heavy atom. The van der Waals surface area contributed by atoms with Crippen LogP contribution in [0, 0.1) is 0 Å². The number of benzene rings is 2. The van der Waals surface area contributed by atoms with Gasteiger partial charge in [0.1, 0.15) is 11.4 Å². The fraction of sp³-hybridized carbons (Fsp3) is 0.261. The van der Waals surface area contributed by atoms with Gasteiger partial charge in [-0.25, -0.2) is 4.98 Å². The molecule has 0 bridgehead atoms. The zero-order valence-electron chi connectivity index (χ0n) is 16.8. The summed E-state index contributed by atoms with van der Waals surface area (Å²) in [5.74, 6) is 1.36. The Kier molecular flexibility index (Phi) is 5.26. The van der Waals surface area contributed by atoms with Crippen molar-refractivity contribution in [3.63, 3.8) is 0 Å². The number of hydrogen-bond acceptors (Lipinski definition) is 7. The van der Waals surface area contributed by atoms with E-state index in [-0.39, 0.29) is 18.6 Å². The summed E-state index contributed by atoms with van der Waals surface area (Å²) in [7, 11) is 0. The number of rotatable bonds is 5. The van der Waals surface area contributed by atoms with Gasteiger partial charge in [0.25, 0.3) is 11.8 Å². The van der Waals surface area contributed by atoms with Crippen LogP contribution in [-0.2, 0) is 4.79 Å². The SMILES string of the molecule is O=C(COc1ccccc1)N1CCCC[C@@H]1c1noc(-c2cnc3ccccc3n2)n1. The van der Waals surface area contributed by atoms with Crippen LogP contribution in [-0.4, -0.2) is 44.1 Å². The third-order valence-electron chi connectivity index (χ3n) is 5.34. The number of carbonyl (C=O) groups excluding carboxylic acids is 1. The molecule has 0 saturated carbocycles. The van der Waals surface area contributed by atoms with Crippen molar-refractivity contribution in [3.8, 4) is 17.3 Å². The van der Waals surface area contributed by atoms with Crippen LogP contribution in [0.4, 0.5) is 0 Å². The second kappa shape index (κ2) is 8.51. The zero-order valence-corrected chi connectivity index (χ0v) is 16.8. The van der Waals surface area contributed by atoms with Crippen LogP contribution in [0.15, 0.2) is 65.3 Å². The first kappa shape index (κ1) is 19.2. The Labute approximate surface area is 178 Å². The van der Waals surface area contributed by atoms with Gasteiger partial charge in [0.2, 0.25) is 0 Å². The minimum Gasteiger partial charge on any atom is -0.484 e. The lowest BCUT2D eigenvalue weighted by Crippen LogP contribution is -2.41. The maximum atomic E-state index is 12.9. The molecule has 1 saturated heterocycles. The number of carbonyl (C=O) groups is 1. The number of ether oxygens (including phenoxy) is 1. The van der Waals surface area contributed by atoms with Crippen LogP contribution in [0.1, 0.15) is 31.1 Å². The molecule has 1 aliphatic heterocycles. The lowest BCUT2D eigenvalue weighted by Gasteiger charge is -2.33. The van der Waals surface area contributed by atoms with E-state index in [1.165, 1.54) is 0 Å². The molecular formula is C23H21N5O3. The molecule has 0 radical (unpaired) electrons. The second-order valence-electron chi connectivity index (χ2n) is 7.40. The van der Waals surface area contributed by atoms with E-state index in [1.807, 2.05) is 54.6 Å². The van der Waals surface area contributed by atoms with Gasteiger partial charge in [-0.15, -0.1) is 0 Å². The minimum absolute atomic E-state index is 0.0264. The molecule has 1 aliphatic rings. The maximum absolute atomic E-state index is 12.9. The van der Waals surface area contributed by atoms with Crippen molar-refractivity contribution in [1.29, 1.82) is 0 Å². The first-order valence-corrected chi connectivity index (χ1v) is 10.3. The van der Waals surface area contributed by atoms with Gasteiger partial charge in [-0.1, -0.05) is 35.5 Å². The molecule has 0 aliphatic carbocycles. The van der Waals surface area contributed by atoms with Crippen molar-refractivity contribution in [2.24, 2.45) is 0 Å². The molecule has 0 spiro atoms. The number of hydrogen-bond donors (Lipinski definition) is 0. The van der Waals surface area contributed by atoms with Gasteiger partial charge in [0, 0.05) is 6.54 Å². The van der Waals surface area contributed by atoms with Crippen LogP contribution in [0.2, 0.25) is 0 Å². The number of likely N-dealkylation sites (tertiary alicyclic amines) is 1. The lowest BCUT2D eigenvalue weighted by atomic mass is 10.0. The summed E-state index contributed by atoms with van der Waals surface area (Å²) >= 11 is 0. The summed E-state index contributed by atoms with van der Waals surface area (Å²) in [4.78, 5) is 28.2. The number of amides is 1. The highest BCUT2D eigenvalue weighted by atomic mass is 16.5. The van der Waals surface area contributed by atoms with Crippen LogP contribution in [0.5, 0.6) is 5.75 Å². The molecule has 0 unspecified atom stereocenters. The summed E-state index contributed by atoms with van der Waals surface area (Å²) in [6.45, 7) is 0.614. The predicted octanol–water partition coefficient (Wildman–Crippen LogP) is 3.81. The molecule has 5 rings (SSSR count). The molecule has 0 N–H and O–H groups in total. The molecule has 156 valence electrons. The van der Waals surface area contributed by atoms with Crippen LogP contribution in [0.3, 0.4) is 0 Å². The van der Waals surface area contributed by atoms with Gasteiger partial charge in [0.15, 0.2) is 12.4 Å². The fourth-order valence-electron chi connectivity index (χ4n) is 3.78. The van der Waals surface area contributed by atoms with Crippen molar-refractivity contribution in [1.82, 2.24) is 25.0 Å². The van der Waals surface area contributed by atoms with Gasteiger partial charge < -0.3 is 14.2 Å². The molecule has 1 amide bonds. The molecule has 31 heavy (non-hydrogen) atoms. The normalized spacial score (nSPS) is 16.4. The van der Waals surface area contributed by atoms with Gasteiger partial charge in [-0.3, -0.25) is 9.78 Å². The number of piperidine rings is 1. The Balaban J connectivity index is 1.34. The first-order valence-electron chi connectivity index (χ1n) is 10.3. The second-order valence-corrected chi connectivity index (χ2v) is 7.40. The van der Waals surface area contributed by atoms with Crippen LogP contribution in [0.25, 0.3) is 22.6 Å². The van der Waals surface area contributed by atoms with Gasteiger partial charge in [-0.05, 0) is 43.5 Å². The summed E-state index contributed by atoms with van der Waals surface area (Å²) in [6, 6.07) is 16.7. The van der Waals surface area contributed by atoms with Crippen LogP contribution >= 0.6 is 0 Å². The highest BCUT2D eigenvalue weighted by Crippen LogP contribution is 2.30. The van der Waals surface area contributed by atoms with Gasteiger partial charge >= 0.3 is 0 Å². The molecule has 8 heteroatoms. The van der Waals surface area contributed by atoms with Crippen molar-refractivity contribution >= 4 is 16.9 Å². The van der Waals surface area contributed by atoms with E-state index in [4.69, 9.17) is 9.26 Å².